The second kappa shape index (κ2) is 6.09. The third-order valence-corrected chi connectivity index (χ3v) is 3.71. The Bertz CT molecular complexity index is 610. The fraction of sp³-hybridized carbons (Fsp3) is 0.438. The first-order valence-electron chi connectivity index (χ1n) is 7.07. The van der Waals surface area contributed by atoms with Crippen LogP contribution in [-0.2, 0) is 0 Å². The summed E-state index contributed by atoms with van der Waals surface area (Å²) in [5, 5.41) is 10.2. The minimum Gasteiger partial charge on any atom is -0.395 e. The number of amides is 1. The molecule has 20 heavy (non-hydrogen) atoms. The van der Waals surface area contributed by atoms with Gasteiger partial charge in [-0.1, -0.05) is 6.92 Å². The van der Waals surface area contributed by atoms with E-state index in [1.165, 1.54) is 5.56 Å². The molecule has 1 aromatic carbocycles. The Kier molecular flexibility index (Phi) is 4.45. The minimum atomic E-state index is -0.0129. The molecule has 0 radical (unpaired) electrons. The zero-order chi connectivity index (χ0) is 14.7. The second-order valence-corrected chi connectivity index (χ2v) is 5.15. The van der Waals surface area contributed by atoms with Gasteiger partial charge in [-0.2, -0.15) is 0 Å². The number of aromatic nitrogens is 1. The van der Waals surface area contributed by atoms with Crippen LogP contribution in [0.1, 0.15) is 35.0 Å². The number of nitrogens with one attached hydrogen (secondary N) is 1. The van der Waals surface area contributed by atoms with Gasteiger partial charge in [-0.3, -0.25) is 4.79 Å². The standard InChI is InChI=1S/C16H22N2O2/c1-4-7-18(8-9-19)16(20)13-5-6-15-14(10-13)11(2)12(3)17-15/h5-6,10,17,19H,4,7-9H2,1-3H3. The fourth-order valence-corrected chi connectivity index (χ4v) is 2.48. The predicted molar refractivity (Wildman–Crippen MR) is 81.1 cm³/mol. The quantitative estimate of drug-likeness (QED) is 0.880. The van der Waals surface area contributed by atoms with E-state index in [9.17, 15) is 4.79 Å². The molecule has 2 rings (SSSR count). The highest BCUT2D eigenvalue weighted by molar-refractivity contribution is 5.99. The van der Waals surface area contributed by atoms with E-state index >= 15 is 0 Å². The Morgan fingerprint density at radius 2 is 2.05 bits per heavy atom. The number of aliphatic hydroxyl groups excluding tert-OH is 1. The molecule has 2 aromatic rings. The van der Waals surface area contributed by atoms with Crippen molar-refractivity contribution < 1.29 is 9.90 Å². The van der Waals surface area contributed by atoms with Crippen molar-refractivity contribution in [2.45, 2.75) is 27.2 Å². The summed E-state index contributed by atoms with van der Waals surface area (Å²) >= 11 is 0. The Morgan fingerprint density at radius 3 is 2.70 bits per heavy atom. The number of aromatic amines is 1. The normalized spacial score (nSPS) is 11.0. The number of carbonyl (C=O) groups excluding carboxylic acids is 1. The van der Waals surface area contributed by atoms with Gasteiger partial charge in [0.2, 0.25) is 0 Å². The van der Waals surface area contributed by atoms with Crippen molar-refractivity contribution in [3.05, 3.63) is 35.0 Å². The highest BCUT2D eigenvalue weighted by atomic mass is 16.3. The van der Waals surface area contributed by atoms with Crippen LogP contribution in [0.4, 0.5) is 0 Å². The van der Waals surface area contributed by atoms with E-state index in [0.29, 0.717) is 18.7 Å². The summed E-state index contributed by atoms with van der Waals surface area (Å²) in [6.07, 6.45) is 0.885. The molecule has 108 valence electrons. The van der Waals surface area contributed by atoms with Crippen LogP contribution < -0.4 is 0 Å². The smallest absolute Gasteiger partial charge is 0.253 e. The predicted octanol–water partition coefficient (Wildman–Crippen LogP) is 2.63. The average molecular weight is 274 g/mol. The lowest BCUT2D eigenvalue weighted by Crippen LogP contribution is -2.34. The summed E-state index contributed by atoms with van der Waals surface area (Å²) in [6, 6.07) is 5.74. The number of fused-ring (bicyclic) bond motifs is 1. The molecule has 0 fully saturated rings. The highest BCUT2D eigenvalue weighted by Gasteiger charge is 2.16. The van der Waals surface area contributed by atoms with Gasteiger partial charge in [-0.05, 0) is 44.0 Å². The summed E-state index contributed by atoms with van der Waals surface area (Å²) in [4.78, 5) is 17.5. The van der Waals surface area contributed by atoms with Crippen molar-refractivity contribution in [3.8, 4) is 0 Å². The van der Waals surface area contributed by atoms with Crippen molar-refractivity contribution in [1.82, 2.24) is 9.88 Å². The lowest BCUT2D eigenvalue weighted by Gasteiger charge is -2.21. The van der Waals surface area contributed by atoms with E-state index in [4.69, 9.17) is 5.11 Å². The maximum atomic E-state index is 12.5. The molecule has 0 atom stereocenters. The second-order valence-electron chi connectivity index (χ2n) is 5.15. The van der Waals surface area contributed by atoms with Crippen molar-refractivity contribution >= 4 is 16.8 Å². The van der Waals surface area contributed by atoms with Crippen LogP contribution in [0.3, 0.4) is 0 Å². The van der Waals surface area contributed by atoms with Gasteiger partial charge in [0.15, 0.2) is 0 Å². The Hall–Kier alpha value is -1.81. The first kappa shape index (κ1) is 14.6. The van der Waals surface area contributed by atoms with Crippen LogP contribution in [0.2, 0.25) is 0 Å². The van der Waals surface area contributed by atoms with Gasteiger partial charge in [0, 0.05) is 35.2 Å². The highest BCUT2D eigenvalue weighted by Crippen LogP contribution is 2.23. The molecular weight excluding hydrogens is 252 g/mol. The minimum absolute atomic E-state index is 0.00370. The third kappa shape index (κ3) is 2.70. The third-order valence-electron chi connectivity index (χ3n) is 3.71. The molecule has 0 bridgehead atoms. The molecule has 0 saturated carbocycles. The van der Waals surface area contributed by atoms with Gasteiger partial charge in [0.05, 0.1) is 6.61 Å². The van der Waals surface area contributed by atoms with Crippen LogP contribution in [0.15, 0.2) is 18.2 Å². The maximum Gasteiger partial charge on any atom is 0.253 e. The molecule has 2 N–H and O–H groups in total. The number of aryl methyl sites for hydroxylation is 2. The summed E-state index contributed by atoms with van der Waals surface area (Å²) in [7, 11) is 0. The largest absolute Gasteiger partial charge is 0.395 e. The number of carbonyl (C=O) groups is 1. The number of nitrogens with zero attached hydrogens (tertiary/aromatic N) is 1. The van der Waals surface area contributed by atoms with Gasteiger partial charge < -0.3 is 15.0 Å². The molecule has 0 aliphatic heterocycles. The first-order valence-corrected chi connectivity index (χ1v) is 7.07. The molecule has 1 heterocycles. The van der Waals surface area contributed by atoms with E-state index in [1.807, 2.05) is 32.0 Å². The summed E-state index contributed by atoms with van der Waals surface area (Å²) in [6.45, 7) is 7.17. The number of hydrogen-bond acceptors (Lipinski definition) is 2. The van der Waals surface area contributed by atoms with E-state index in [2.05, 4.69) is 11.9 Å². The average Bonchev–Trinajstić information content (AvgIpc) is 2.73. The molecule has 4 heteroatoms. The van der Waals surface area contributed by atoms with Gasteiger partial charge in [0.25, 0.3) is 5.91 Å². The van der Waals surface area contributed by atoms with E-state index in [1.54, 1.807) is 4.90 Å². The number of rotatable bonds is 5. The summed E-state index contributed by atoms with van der Waals surface area (Å²) < 4.78 is 0. The van der Waals surface area contributed by atoms with Crippen LogP contribution in [0.25, 0.3) is 10.9 Å². The van der Waals surface area contributed by atoms with Gasteiger partial charge in [-0.25, -0.2) is 0 Å². The topological polar surface area (TPSA) is 56.3 Å². The Balaban J connectivity index is 2.36. The molecule has 1 amide bonds. The van der Waals surface area contributed by atoms with Crippen molar-refractivity contribution in [1.29, 1.82) is 0 Å². The first-order chi connectivity index (χ1) is 9.58. The monoisotopic (exact) mass is 274 g/mol. The van der Waals surface area contributed by atoms with Gasteiger partial charge in [0.1, 0.15) is 0 Å². The Morgan fingerprint density at radius 1 is 1.30 bits per heavy atom. The SMILES string of the molecule is CCCN(CCO)C(=O)c1ccc2[nH]c(C)c(C)c2c1. The molecule has 0 aliphatic rings. The van der Waals surface area contributed by atoms with Crippen LogP contribution in [-0.4, -0.2) is 40.6 Å². The molecule has 0 aliphatic carbocycles. The molecule has 0 spiro atoms. The van der Waals surface area contributed by atoms with Gasteiger partial charge in [-0.15, -0.1) is 0 Å². The number of aliphatic hydroxyl groups is 1. The van der Waals surface area contributed by atoms with E-state index < -0.39 is 0 Å². The van der Waals surface area contributed by atoms with E-state index in [-0.39, 0.29) is 12.5 Å². The summed E-state index contributed by atoms with van der Waals surface area (Å²) in [5.74, 6) is -0.0129. The van der Waals surface area contributed by atoms with Crippen molar-refractivity contribution in [2.75, 3.05) is 19.7 Å². The van der Waals surface area contributed by atoms with Crippen molar-refractivity contribution in [3.63, 3.8) is 0 Å². The van der Waals surface area contributed by atoms with Crippen LogP contribution in [0, 0.1) is 13.8 Å². The molecule has 1 aromatic heterocycles. The molecule has 4 nitrogen and oxygen atoms in total. The van der Waals surface area contributed by atoms with Crippen LogP contribution in [0.5, 0.6) is 0 Å². The maximum absolute atomic E-state index is 12.5. The Labute approximate surface area is 119 Å². The zero-order valence-corrected chi connectivity index (χ0v) is 12.4. The lowest BCUT2D eigenvalue weighted by atomic mass is 10.1. The zero-order valence-electron chi connectivity index (χ0n) is 12.4. The van der Waals surface area contributed by atoms with E-state index in [0.717, 1.165) is 23.0 Å². The summed E-state index contributed by atoms with van der Waals surface area (Å²) in [5.41, 5.74) is 4.05. The number of benzene rings is 1. The number of hydrogen-bond donors (Lipinski definition) is 2. The molecular formula is C16H22N2O2. The molecule has 0 unspecified atom stereocenters. The number of H-pyrrole nitrogens is 1. The fourth-order valence-electron chi connectivity index (χ4n) is 2.48. The molecule has 0 saturated heterocycles. The lowest BCUT2D eigenvalue weighted by molar-refractivity contribution is 0.0722. The van der Waals surface area contributed by atoms with Crippen molar-refractivity contribution in [2.24, 2.45) is 0 Å². The van der Waals surface area contributed by atoms with Gasteiger partial charge >= 0.3 is 0 Å². The van der Waals surface area contributed by atoms with Crippen LogP contribution >= 0.6 is 0 Å².